The minimum atomic E-state index is -0.227. The zero-order valence-electron chi connectivity index (χ0n) is 10.3. The van der Waals surface area contributed by atoms with Crippen molar-refractivity contribution in [3.8, 4) is 0 Å². The molecule has 0 aromatic carbocycles. The van der Waals surface area contributed by atoms with Crippen LogP contribution < -0.4 is 11.4 Å². The molecule has 2 aromatic heterocycles. The van der Waals surface area contributed by atoms with Crippen LogP contribution in [0.5, 0.6) is 0 Å². The molecule has 0 atom stereocenters. The average Bonchev–Trinajstić information content (AvgIpc) is 2.65. The third kappa shape index (κ3) is 2.62. The maximum Gasteiger partial charge on any atom is 0.343 e. The van der Waals surface area contributed by atoms with Crippen LogP contribution in [0.15, 0.2) is 27.2 Å². The summed E-state index contributed by atoms with van der Waals surface area (Å²) >= 11 is 1.37. The minimum absolute atomic E-state index is 0.227. The lowest BCUT2D eigenvalue weighted by Gasteiger charge is -2.05. The molecule has 18 heavy (non-hydrogen) atoms. The highest BCUT2D eigenvalue weighted by Gasteiger charge is 2.09. The number of aromatic nitrogens is 4. The number of nitrogens with zero attached hydrogens (tertiary/aromatic N) is 3. The van der Waals surface area contributed by atoms with Gasteiger partial charge < -0.3 is 5.73 Å². The summed E-state index contributed by atoms with van der Waals surface area (Å²) in [5.41, 5.74) is 7.46. The fourth-order valence-corrected chi connectivity index (χ4v) is 2.35. The second-order valence-electron chi connectivity index (χ2n) is 3.98. The second kappa shape index (κ2) is 5.36. The number of hydrogen-bond donors (Lipinski definition) is 2. The Kier molecular flexibility index (Phi) is 3.83. The highest BCUT2D eigenvalue weighted by Crippen LogP contribution is 2.25. The zero-order valence-corrected chi connectivity index (χ0v) is 11.1. The van der Waals surface area contributed by atoms with E-state index >= 15 is 0 Å². The molecule has 0 fully saturated rings. The van der Waals surface area contributed by atoms with Crippen molar-refractivity contribution in [2.75, 3.05) is 6.54 Å². The summed E-state index contributed by atoms with van der Waals surface area (Å²) in [6.07, 6.45) is 2.63. The Morgan fingerprint density at radius 2 is 2.33 bits per heavy atom. The molecule has 0 aliphatic heterocycles. The normalized spacial score (nSPS) is 10.8. The second-order valence-corrected chi connectivity index (χ2v) is 4.93. The molecule has 7 heteroatoms. The van der Waals surface area contributed by atoms with Gasteiger partial charge in [0, 0.05) is 13.2 Å². The van der Waals surface area contributed by atoms with Crippen molar-refractivity contribution >= 4 is 11.8 Å². The van der Waals surface area contributed by atoms with Gasteiger partial charge >= 0.3 is 5.69 Å². The van der Waals surface area contributed by atoms with E-state index in [-0.39, 0.29) is 5.69 Å². The van der Waals surface area contributed by atoms with Gasteiger partial charge in [-0.15, -0.1) is 5.10 Å². The summed E-state index contributed by atoms with van der Waals surface area (Å²) in [5, 5.41) is 7.78. The lowest BCUT2D eigenvalue weighted by molar-refractivity contribution is 0.764. The van der Waals surface area contributed by atoms with Crippen molar-refractivity contribution in [3.05, 3.63) is 33.9 Å². The first-order valence-electron chi connectivity index (χ1n) is 5.56. The molecule has 0 amide bonds. The number of rotatable bonds is 4. The molecule has 0 radical (unpaired) electrons. The van der Waals surface area contributed by atoms with Gasteiger partial charge in [0.25, 0.3) is 0 Å². The number of aryl methyl sites for hydroxylation is 1. The molecule has 2 heterocycles. The molecule has 0 spiro atoms. The quantitative estimate of drug-likeness (QED) is 0.838. The summed E-state index contributed by atoms with van der Waals surface area (Å²) in [6.45, 7) is 2.60. The van der Waals surface area contributed by atoms with E-state index in [4.69, 9.17) is 5.73 Å². The molecule has 0 unspecified atom stereocenters. The smallest absolute Gasteiger partial charge is 0.330 e. The van der Waals surface area contributed by atoms with Crippen molar-refractivity contribution < 1.29 is 0 Å². The minimum Gasteiger partial charge on any atom is -0.330 e. The van der Waals surface area contributed by atoms with Crippen LogP contribution in [0.25, 0.3) is 0 Å². The molecule has 3 N–H and O–H groups in total. The van der Waals surface area contributed by atoms with Crippen LogP contribution in [0, 0.1) is 6.92 Å². The Morgan fingerprint density at radius 1 is 1.56 bits per heavy atom. The van der Waals surface area contributed by atoms with Crippen LogP contribution in [-0.2, 0) is 13.5 Å². The van der Waals surface area contributed by atoms with Crippen LogP contribution in [-0.4, -0.2) is 26.3 Å². The standard InChI is InChI=1S/C11H15N5OS/c1-7-5-8(3-4-12)6-13-9(7)18-11-15-14-10(17)16(11)2/h5-6H,3-4,12H2,1-2H3,(H,14,17). The maximum atomic E-state index is 11.3. The van der Waals surface area contributed by atoms with Gasteiger partial charge in [-0.2, -0.15) is 0 Å². The fraction of sp³-hybridized carbons (Fsp3) is 0.364. The van der Waals surface area contributed by atoms with Crippen molar-refractivity contribution in [1.29, 1.82) is 0 Å². The number of aromatic amines is 1. The predicted octanol–water partition coefficient (Wildman–Crippen LogP) is 0.464. The average molecular weight is 265 g/mol. The topological polar surface area (TPSA) is 89.6 Å². The van der Waals surface area contributed by atoms with Crippen molar-refractivity contribution in [2.24, 2.45) is 12.8 Å². The zero-order chi connectivity index (χ0) is 13.1. The molecule has 0 aliphatic carbocycles. The van der Waals surface area contributed by atoms with Crippen LogP contribution in [0.1, 0.15) is 11.1 Å². The first-order chi connectivity index (χ1) is 8.61. The number of H-pyrrole nitrogens is 1. The SMILES string of the molecule is Cc1cc(CCN)cnc1Sc1n[nH]c(=O)n1C. The van der Waals surface area contributed by atoms with E-state index in [0.29, 0.717) is 11.7 Å². The van der Waals surface area contributed by atoms with Gasteiger partial charge in [0.15, 0.2) is 5.16 Å². The van der Waals surface area contributed by atoms with E-state index < -0.39 is 0 Å². The third-order valence-electron chi connectivity index (χ3n) is 2.55. The summed E-state index contributed by atoms with van der Waals surface area (Å²) in [4.78, 5) is 15.6. The largest absolute Gasteiger partial charge is 0.343 e. The molecule has 6 nitrogen and oxygen atoms in total. The summed E-state index contributed by atoms with van der Waals surface area (Å²) in [7, 11) is 1.67. The van der Waals surface area contributed by atoms with Crippen LogP contribution in [0.2, 0.25) is 0 Å². The van der Waals surface area contributed by atoms with Gasteiger partial charge in [0.1, 0.15) is 5.03 Å². The number of hydrogen-bond acceptors (Lipinski definition) is 5. The highest BCUT2D eigenvalue weighted by molar-refractivity contribution is 7.99. The van der Waals surface area contributed by atoms with Gasteiger partial charge in [0.2, 0.25) is 0 Å². The lowest BCUT2D eigenvalue weighted by Crippen LogP contribution is -2.12. The van der Waals surface area contributed by atoms with E-state index in [9.17, 15) is 4.79 Å². The molecule has 0 bridgehead atoms. The van der Waals surface area contributed by atoms with E-state index in [1.807, 2.05) is 13.1 Å². The predicted molar refractivity (Wildman–Crippen MR) is 69.7 cm³/mol. The monoisotopic (exact) mass is 265 g/mol. The van der Waals surface area contributed by atoms with Crippen molar-refractivity contribution in [1.82, 2.24) is 19.7 Å². The van der Waals surface area contributed by atoms with Gasteiger partial charge in [-0.25, -0.2) is 14.9 Å². The van der Waals surface area contributed by atoms with Gasteiger partial charge in [-0.1, -0.05) is 6.07 Å². The Bertz CT molecular complexity index is 604. The number of pyridine rings is 1. The molecule has 2 rings (SSSR count). The Labute approximate surface area is 109 Å². The van der Waals surface area contributed by atoms with Crippen LogP contribution >= 0.6 is 11.8 Å². The first-order valence-corrected chi connectivity index (χ1v) is 6.38. The van der Waals surface area contributed by atoms with Gasteiger partial charge in [0.05, 0.1) is 0 Å². The summed E-state index contributed by atoms with van der Waals surface area (Å²) in [6, 6.07) is 2.06. The highest BCUT2D eigenvalue weighted by atomic mass is 32.2. The van der Waals surface area contributed by atoms with E-state index in [1.165, 1.54) is 16.3 Å². The van der Waals surface area contributed by atoms with Crippen molar-refractivity contribution in [3.63, 3.8) is 0 Å². The molecule has 2 aromatic rings. The molecule has 0 saturated carbocycles. The Morgan fingerprint density at radius 3 is 2.89 bits per heavy atom. The first kappa shape index (κ1) is 12.8. The molecule has 0 aliphatic rings. The van der Waals surface area contributed by atoms with E-state index in [1.54, 1.807) is 7.05 Å². The van der Waals surface area contributed by atoms with Crippen LogP contribution in [0.4, 0.5) is 0 Å². The lowest BCUT2D eigenvalue weighted by atomic mass is 10.2. The number of nitrogens with two attached hydrogens (primary N) is 1. The van der Waals surface area contributed by atoms with Crippen LogP contribution in [0.3, 0.4) is 0 Å². The van der Waals surface area contributed by atoms with E-state index in [0.717, 1.165) is 22.6 Å². The fourth-order valence-electron chi connectivity index (χ4n) is 1.54. The molecular formula is C11H15N5OS. The molecular weight excluding hydrogens is 250 g/mol. The Hall–Kier alpha value is -1.60. The number of nitrogens with one attached hydrogen (secondary N) is 1. The van der Waals surface area contributed by atoms with Gasteiger partial charge in [-0.3, -0.25) is 4.57 Å². The maximum absolute atomic E-state index is 11.3. The van der Waals surface area contributed by atoms with Gasteiger partial charge in [-0.05, 0) is 42.8 Å². The summed E-state index contributed by atoms with van der Waals surface area (Å²) < 4.78 is 1.46. The Balaban J connectivity index is 2.24. The summed E-state index contributed by atoms with van der Waals surface area (Å²) in [5.74, 6) is 0. The third-order valence-corrected chi connectivity index (χ3v) is 3.72. The molecule has 0 saturated heterocycles. The molecule has 96 valence electrons. The van der Waals surface area contributed by atoms with Crippen molar-refractivity contribution in [2.45, 2.75) is 23.5 Å². The van der Waals surface area contributed by atoms with E-state index in [2.05, 4.69) is 21.2 Å².